The first kappa shape index (κ1) is 17.3. The Morgan fingerprint density at radius 1 is 1.13 bits per heavy atom. The zero-order valence-corrected chi connectivity index (χ0v) is 13.9. The van der Waals surface area contributed by atoms with E-state index in [0.717, 1.165) is 5.56 Å². The number of amides is 1. The molecule has 0 saturated carbocycles. The molecule has 0 unspecified atom stereocenters. The number of carbonyl (C=O) groups is 1. The summed E-state index contributed by atoms with van der Waals surface area (Å²) in [6.45, 7) is 2.03. The Balaban J connectivity index is 1.91. The van der Waals surface area contributed by atoms with Gasteiger partial charge in [-0.1, -0.05) is 48.0 Å². The summed E-state index contributed by atoms with van der Waals surface area (Å²) in [5.41, 5.74) is 0.841. The normalized spacial score (nSPS) is 13.2. The van der Waals surface area contributed by atoms with Crippen LogP contribution in [0.3, 0.4) is 0 Å². The predicted molar refractivity (Wildman–Crippen MR) is 90.7 cm³/mol. The fourth-order valence-corrected chi connectivity index (χ4v) is 2.41. The zero-order valence-electron chi connectivity index (χ0n) is 13.2. The maximum Gasteiger partial charge on any atom is 0.260 e. The highest BCUT2D eigenvalue weighted by atomic mass is 35.5. The second-order valence-corrected chi connectivity index (χ2v) is 5.47. The van der Waals surface area contributed by atoms with Crippen molar-refractivity contribution in [1.29, 1.82) is 0 Å². The van der Waals surface area contributed by atoms with Crippen LogP contribution in [0.5, 0.6) is 5.75 Å². The van der Waals surface area contributed by atoms with Gasteiger partial charge in [-0.15, -0.1) is 0 Å². The highest BCUT2D eigenvalue weighted by molar-refractivity contribution is 6.31. The van der Waals surface area contributed by atoms with Gasteiger partial charge in [-0.25, -0.2) is 0 Å². The lowest BCUT2D eigenvalue weighted by atomic mass is 10.1. The maximum absolute atomic E-state index is 12.2. The molecule has 1 N–H and O–H groups in total. The maximum atomic E-state index is 12.2. The topological polar surface area (TPSA) is 47.6 Å². The van der Waals surface area contributed by atoms with E-state index in [9.17, 15) is 4.79 Å². The quantitative estimate of drug-likeness (QED) is 0.842. The number of carbonyl (C=O) groups excluding carboxylic acids is 1. The van der Waals surface area contributed by atoms with E-state index in [4.69, 9.17) is 21.1 Å². The molecule has 122 valence electrons. The molecule has 2 aromatic rings. The molecule has 4 nitrogen and oxygen atoms in total. The van der Waals surface area contributed by atoms with Crippen molar-refractivity contribution >= 4 is 17.5 Å². The summed E-state index contributed by atoms with van der Waals surface area (Å²) in [5.74, 6) is 0.451. The largest absolute Gasteiger partial charge is 0.481 e. The predicted octanol–water partition coefficient (Wildman–Crippen LogP) is 3.61. The Bertz CT molecular complexity index is 633. The van der Waals surface area contributed by atoms with Gasteiger partial charge in [-0.3, -0.25) is 4.79 Å². The third kappa shape index (κ3) is 4.98. The third-order valence-electron chi connectivity index (χ3n) is 3.42. The molecule has 0 aliphatic rings. The Hall–Kier alpha value is -2.04. The monoisotopic (exact) mass is 333 g/mol. The molecule has 0 radical (unpaired) electrons. The van der Waals surface area contributed by atoms with E-state index in [1.165, 1.54) is 0 Å². The molecular formula is C18H20ClNO3. The standard InChI is InChI=1S/C18H20ClNO3/c1-13(23-14-8-4-3-5-9-14)18(21)20-12-17(22-2)15-10-6-7-11-16(15)19/h3-11,13,17H,12H2,1-2H3,(H,20,21)/t13-,17-/m1/s1. The summed E-state index contributed by atoms with van der Waals surface area (Å²) in [7, 11) is 1.59. The number of methoxy groups -OCH3 is 1. The highest BCUT2D eigenvalue weighted by Crippen LogP contribution is 2.24. The van der Waals surface area contributed by atoms with E-state index in [0.29, 0.717) is 17.3 Å². The van der Waals surface area contributed by atoms with Gasteiger partial charge in [-0.05, 0) is 25.1 Å². The van der Waals surface area contributed by atoms with Crippen molar-refractivity contribution in [3.05, 3.63) is 65.2 Å². The fraction of sp³-hybridized carbons (Fsp3) is 0.278. The number of para-hydroxylation sites is 1. The van der Waals surface area contributed by atoms with Crippen LogP contribution in [0.15, 0.2) is 54.6 Å². The number of nitrogens with one attached hydrogen (secondary N) is 1. The van der Waals surface area contributed by atoms with E-state index in [2.05, 4.69) is 5.32 Å². The van der Waals surface area contributed by atoms with Crippen LogP contribution in [0.1, 0.15) is 18.6 Å². The van der Waals surface area contributed by atoms with Crippen LogP contribution in [0.2, 0.25) is 5.02 Å². The van der Waals surface area contributed by atoms with Gasteiger partial charge in [0.15, 0.2) is 6.10 Å². The van der Waals surface area contributed by atoms with Crippen LogP contribution in [0.4, 0.5) is 0 Å². The van der Waals surface area contributed by atoms with E-state index in [1.54, 1.807) is 20.1 Å². The van der Waals surface area contributed by atoms with Gasteiger partial charge in [0.1, 0.15) is 11.9 Å². The molecule has 0 aromatic heterocycles. The number of halogens is 1. The molecule has 0 aliphatic carbocycles. The van der Waals surface area contributed by atoms with Crippen LogP contribution >= 0.6 is 11.6 Å². The third-order valence-corrected chi connectivity index (χ3v) is 3.77. The fourth-order valence-electron chi connectivity index (χ4n) is 2.15. The van der Waals surface area contributed by atoms with Gasteiger partial charge in [0.2, 0.25) is 0 Å². The van der Waals surface area contributed by atoms with Gasteiger partial charge in [0.25, 0.3) is 5.91 Å². The smallest absolute Gasteiger partial charge is 0.260 e. The number of hydrogen-bond acceptors (Lipinski definition) is 3. The van der Waals surface area contributed by atoms with Gasteiger partial charge >= 0.3 is 0 Å². The number of benzene rings is 2. The van der Waals surface area contributed by atoms with E-state index < -0.39 is 6.10 Å². The summed E-state index contributed by atoms with van der Waals surface area (Å²) in [6, 6.07) is 16.7. The SMILES string of the molecule is CO[C@H](CNC(=O)[C@@H](C)Oc1ccccc1)c1ccccc1Cl. The molecule has 2 aromatic carbocycles. The summed E-state index contributed by atoms with van der Waals surface area (Å²) in [5, 5.41) is 3.44. The molecule has 0 aliphatic heterocycles. The van der Waals surface area contributed by atoms with Gasteiger partial charge in [0, 0.05) is 24.2 Å². The van der Waals surface area contributed by atoms with Gasteiger partial charge in [0.05, 0.1) is 0 Å². The Kier molecular flexibility index (Phi) is 6.44. The molecule has 1 amide bonds. The summed E-state index contributed by atoms with van der Waals surface area (Å²) >= 11 is 6.17. The van der Waals surface area contributed by atoms with Crippen molar-refractivity contribution in [3.63, 3.8) is 0 Å². The van der Waals surface area contributed by atoms with E-state index >= 15 is 0 Å². The first-order chi connectivity index (χ1) is 11.1. The molecular weight excluding hydrogens is 314 g/mol. The number of hydrogen-bond donors (Lipinski definition) is 1. The minimum atomic E-state index is -0.596. The zero-order chi connectivity index (χ0) is 16.7. The second kappa shape index (κ2) is 8.56. The molecule has 0 spiro atoms. The van der Waals surface area contributed by atoms with Crippen molar-refractivity contribution in [3.8, 4) is 5.75 Å². The molecule has 0 fully saturated rings. The molecule has 2 rings (SSSR count). The van der Waals surface area contributed by atoms with Gasteiger partial charge in [-0.2, -0.15) is 0 Å². The molecule has 0 saturated heterocycles. The Morgan fingerprint density at radius 3 is 2.43 bits per heavy atom. The summed E-state index contributed by atoms with van der Waals surface area (Å²) < 4.78 is 11.0. The molecule has 0 heterocycles. The first-order valence-corrected chi connectivity index (χ1v) is 7.76. The Morgan fingerprint density at radius 2 is 1.78 bits per heavy atom. The molecule has 23 heavy (non-hydrogen) atoms. The average molecular weight is 334 g/mol. The van der Waals surface area contributed by atoms with Crippen LogP contribution in [0, 0.1) is 0 Å². The summed E-state index contributed by atoms with van der Waals surface area (Å²) in [6.07, 6.45) is -0.905. The molecule has 2 atom stereocenters. The first-order valence-electron chi connectivity index (χ1n) is 7.38. The lowest BCUT2D eigenvalue weighted by Gasteiger charge is -2.20. The molecule has 0 bridgehead atoms. The van der Waals surface area contributed by atoms with E-state index in [-0.39, 0.29) is 12.0 Å². The number of rotatable bonds is 7. The average Bonchev–Trinajstić information content (AvgIpc) is 2.57. The minimum absolute atomic E-state index is 0.206. The van der Waals surface area contributed by atoms with Crippen LogP contribution in [0.25, 0.3) is 0 Å². The highest BCUT2D eigenvalue weighted by Gasteiger charge is 2.18. The van der Waals surface area contributed by atoms with Crippen molar-refractivity contribution < 1.29 is 14.3 Å². The summed E-state index contributed by atoms with van der Waals surface area (Å²) in [4.78, 5) is 12.2. The lowest BCUT2D eigenvalue weighted by molar-refractivity contribution is -0.127. The minimum Gasteiger partial charge on any atom is -0.481 e. The van der Waals surface area contributed by atoms with Crippen LogP contribution in [-0.4, -0.2) is 25.7 Å². The van der Waals surface area contributed by atoms with Gasteiger partial charge < -0.3 is 14.8 Å². The lowest BCUT2D eigenvalue weighted by Crippen LogP contribution is -2.38. The van der Waals surface area contributed by atoms with Crippen molar-refractivity contribution in [2.24, 2.45) is 0 Å². The van der Waals surface area contributed by atoms with Crippen molar-refractivity contribution in [2.45, 2.75) is 19.1 Å². The van der Waals surface area contributed by atoms with E-state index in [1.807, 2.05) is 48.5 Å². The Labute approximate surface area is 141 Å². The second-order valence-electron chi connectivity index (χ2n) is 5.06. The van der Waals surface area contributed by atoms with Crippen LogP contribution in [-0.2, 0) is 9.53 Å². The van der Waals surface area contributed by atoms with Crippen LogP contribution < -0.4 is 10.1 Å². The molecule has 5 heteroatoms. The van der Waals surface area contributed by atoms with Crippen molar-refractivity contribution in [2.75, 3.05) is 13.7 Å². The number of ether oxygens (including phenoxy) is 2. The van der Waals surface area contributed by atoms with Crippen molar-refractivity contribution in [1.82, 2.24) is 5.32 Å².